The molecule has 1 aromatic carbocycles. The van der Waals surface area contributed by atoms with Crippen molar-refractivity contribution in [3.63, 3.8) is 0 Å². The van der Waals surface area contributed by atoms with E-state index in [4.69, 9.17) is 4.74 Å². The molecule has 94 valence electrons. The second-order valence-electron chi connectivity index (χ2n) is 4.80. The number of anilines is 1. The fourth-order valence-electron chi connectivity index (χ4n) is 2.45. The summed E-state index contributed by atoms with van der Waals surface area (Å²) in [7, 11) is 0. The van der Waals surface area contributed by atoms with Gasteiger partial charge in [-0.1, -0.05) is 0 Å². The minimum atomic E-state index is 0.363. The van der Waals surface area contributed by atoms with E-state index in [2.05, 4.69) is 49.7 Å². The average Bonchev–Trinajstić information content (AvgIpc) is 2.28. The van der Waals surface area contributed by atoms with Crippen LogP contribution in [0.25, 0.3) is 0 Å². The van der Waals surface area contributed by atoms with Crippen LogP contribution < -0.4 is 5.32 Å². The predicted octanol–water partition coefficient (Wildman–Crippen LogP) is 3.78. The van der Waals surface area contributed by atoms with Gasteiger partial charge in [0.1, 0.15) is 0 Å². The molecule has 2 unspecified atom stereocenters. The van der Waals surface area contributed by atoms with Gasteiger partial charge in [0.25, 0.3) is 0 Å². The third-order valence-corrected chi connectivity index (χ3v) is 3.90. The van der Waals surface area contributed by atoms with Crippen molar-refractivity contribution in [3.05, 3.63) is 24.3 Å². The van der Waals surface area contributed by atoms with Gasteiger partial charge >= 0.3 is 0 Å². The van der Waals surface area contributed by atoms with Gasteiger partial charge in [0.15, 0.2) is 0 Å². The van der Waals surface area contributed by atoms with Crippen molar-refractivity contribution in [1.82, 2.24) is 0 Å². The van der Waals surface area contributed by atoms with E-state index in [1.165, 1.54) is 10.6 Å². The summed E-state index contributed by atoms with van der Waals surface area (Å²) in [5.41, 5.74) is 1.22. The SMILES string of the molecule is CSc1ccc(NC2CC(C)OC(C)C2)cc1. The molecule has 0 aromatic heterocycles. The van der Waals surface area contributed by atoms with Gasteiger partial charge in [0.05, 0.1) is 12.2 Å². The van der Waals surface area contributed by atoms with Gasteiger partial charge in [0.2, 0.25) is 0 Å². The van der Waals surface area contributed by atoms with Crippen molar-refractivity contribution >= 4 is 17.4 Å². The largest absolute Gasteiger partial charge is 0.382 e. The maximum absolute atomic E-state index is 5.75. The number of ether oxygens (including phenoxy) is 1. The molecule has 0 saturated carbocycles. The van der Waals surface area contributed by atoms with Crippen LogP contribution in [-0.4, -0.2) is 24.5 Å². The number of benzene rings is 1. The lowest BCUT2D eigenvalue weighted by molar-refractivity contribution is -0.0337. The molecule has 3 heteroatoms. The van der Waals surface area contributed by atoms with Gasteiger partial charge in [0, 0.05) is 16.6 Å². The molecule has 2 nitrogen and oxygen atoms in total. The van der Waals surface area contributed by atoms with Gasteiger partial charge in [-0.25, -0.2) is 0 Å². The van der Waals surface area contributed by atoms with Crippen molar-refractivity contribution in [2.75, 3.05) is 11.6 Å². The maximum Gasteiger partial charge on any atom is 0.0570 e. The summed E-state index contributed by atoms with van der Waals surface area (Å²) in [5, 5.41) is 3.60. The van der Waals surface area contributed by atoms with Crippen LogP contribution in [0.3, 0.4) is 0 Å². The van der Waals surface area contributed by atoms with Crippen LogP contribution >= 0.6 is 11.8 Å². The number of hydrogen-bond acceptors (Lipinski definition) is 3. The molecule has 17 heavy (non-hydrogen) atoms. The average molecular weight is 251 g/mol. The van der Waals surface area contributed by atoms with Crippen LogP contribution in [-0.2, 0) is 4.74 Å². The van der Waals surface area contributed by atoms with Gasteiger partial charge in [-0.05, 0) is 57.2 Å². The molecule has 0 radical (unpaired) electrons. The van der Waals surface area contributed by atoms with Crippen molar-refractivity contribution in [1.29, 1.82) is 0 Å². The first-order valence-electron chi connectivity index (χ1n) is 6.23. The highest BCUT2D eigenvalue weighted by Crippen LogP contribution is 2.24. The Kier molecular flexibility index (Phi) is 4.35. The highest BCUT2D eigenvalue weighted by atomic mass is 32.2. The maximum atomic E-state index is 5.75. The quantitative estimate of drug-likeness (QED) is 0.826. The van der Waals surface area contributed by atoms with E-state index in [9.17, 15) is 0 Å². The molecule has 0 aliphatic carbocycles. The first-order chi connectivity index (χ1) is 8.17. The lowest BCUT2D eigenvalue weighted by atomic mass is 9.99. The number of thioether (sulfide) groups is 1. The lowest BCUT2D eigenvalue weighted by Gasteiger charge is -2.33. The lowest BCUT2D eigenvalue weighted by Crippen LogP contribution is -2.36. The summed E-state index contributed by atoms with van der Waals surface area (Å²) < 4.78 is 5.75. The van der Waals surface area contributed by atoms with Crippen molar-refractivity contribution in [2.45, 2.75) is 49.8 Å². The Balaban J connectivity index is 1.95. The van der Waals surface area contributed by atoms with Gasteiger partial charge < -0.3 is 10.1 Å². The van der Waals surface area contributed by atoms with Crippen LogP contribution in [0, 0.1) is 0 Å². The van der Waals surface area contributed by atoms with Crippen LogP contribution in [0.5, 0.6) is 0 Å². The van der Waals surface area contributed by atoms with Crippen LogP contribution in [0.15, 0.2) is 29.2 Å². The Labute approximate surface area is 108 Å². The number of nitrogens with one attached hydrogen (secondary N) is 1. The van der Waals surface area contributed by atoms with Gasteiger partial charge in [-0.3, -0.25) is 0 Å². The molecule has 0 spiro atoms. The summed E-state index contributed by atoms with van der Waals surface area (Å²) in [6.45, 7) is 4.31. The zero-order chi connectivity index (χ0) is 12.3. The number of hydrogen-bond donors (Lipinski definition) is 1. The smallest absolute Gasteiger partial charge is 0.0570 e. The monoisotopic (exact) mass is 251 g/mol. The summed E-state index contributed by atoms with van der Waals surface area (Å²) in [6.07, 6.45) is 5.01. The molecule has 1 N–H and O–H groups in total. The normalized spacial score (nSPS) is 29.0. The second kappa shape index (κ2) is 5.78. The minimum Gasteiger partial charge on any atom is -0.382 e. The summed E-state index contributed by atoms with van der Waals surface area (Å²) in [4.78, 5) is 1.31. The zero-order valence-electron chi connectivity index (χ0n) is 10.8. The van der Waals surface area contributed by atoms with E-state index in [1.54, 1.807) is 11.8 Å². The molecular formula is C14H21NOS. The minimum absolute atomic E-state index is 0.363. The summed E-state index contributed by atoms with van der Waals surface area (Å²) >= 11 is 1.78. The van der Waals surface area contributed by atoms with Crippen molar-refractivity contribution in [3.8, 4) is 0 Å². The molecule has 2 atom stereocenters. The van der Waals surface area contributed by atoms with Crippen LogP contribution in [0.4, 0.5) is 5.69 Å². The zero-order valence-corrected chi connectivity index (χ0v) is 11.6. The molecule has 0 bridgehead atoms. The fourth-order valence-corrected chi connectivity index (χ4v) is 2.85. The molecule has 0 amide bonds. The topological polar surface area (TPSA) is 21.3 Å². The Morgan fingerprint density at radius 2 is 1.71 bits per heavy atom. The van der Waals surface area contributed by atoms with Gasteiger partial charge in [-0.15, -0.1) is 11.8 Å². The van der Waals surface area contributed by atoms with E-state index in [0.717, 1.165) is 12.8 Å². The van der Waals surface area contributed by atoms with E-state index < -0.39 is 0 Å². The first kappa shape index (κ1) is 12.8. The first-order valence-corrected chi connectivity index (χ1v) is 7.46. The summed E-state index contributed by atoms with van der Waals surface area (Å²) in [6, 6.07) is 9.19. The van der Waals surface area contributed by atoms with E-state index in [1.807, 2.05) is 0 Å². The molecule has 2 rings (SSSR count). The molecule has 1 aromatic rings. The van der Waals surface area contributed by atoms with Gasteiger partial charge in [-0.2, -0.15) is 0 Å². The van der Waals surface area contributed by atoms with E-state index in [-0.39, 0.29) is 0 Å². The molecule has 1 fully saturated rings. The van der Waals surface area contributed by atoms with Crippen LogP contribution in [0.1, 0.15) is 26.7 Å². The third-order valence-electron chi connectivity index (χ3n) is 3.16. The Hall–Kier alpha value is -0.670. The predicted molar refractivity (Wildman–Crippen MR) is 74.9 cm³/mol. The highest BCUT2D eigenvalue weighted by molar-refractivity contribution is 7.98. The fraction of sp³-hybridized carbons (Fsp3) is 0.571. The van der Waals surface area contributed by atoms with Crippen molar-refractivity contribution in [2.24, 2.45) is 0 Å². The third kappa shape index (κ3) is 3.65. The van der Waals surface area contributed by atoms with E-state index >= 15 is 0 Å². The Bertz CT molecular complexity index is 342. The highest BCUT2D eigenvalue weighted by Gasteiger charge is 2.23. The van der Waals surface area contributed by atoms with E-state index in [0.29, 0.717) is 18.2 Å². The Morgan fingerprint density at radius 3 is 2.24 bits per heavy atom. The summed E-state index contributed by atoms with van der Waals surface area (Å²) in [5.74, 6) is 0. The standard InChI is InChI=1S/C14H21NOS/c1-10-8-13(9-11(2)16-10)15-12-4-6-14(17-3)7-5-12/h4-7,10-11,13,15H,8-9H2,1-3H3. The molecule has 1 heterocycles. The number of rotatable bonds is 3. The molecule has 1 aliphatic heterocycles. The molecule has 1 aliphatic rings. The second-order valence-corrected chi connectivity index (χ2v) is 5.68. The Morgan fingerprint density at radius 1 is 1.12 bits per heavy atom. The van der Waals surface area contributed by atoms with Crippen LogP contribution in [0.2, 0.25) is 0 Å². The van der Waals surface area contributed by atoms with Crippen molar-refractivity contribution < 1.29 is 4.74 Å². The molecular weight excluding hydrogens is 230 g/mol. The molecule has 1 saturated heterocycles.